The lowest BCUT2D eigenvalue weighted by molar-refractivity contribution is -0.120. The summed E-state index contributed by atoms with van der Waals surface area (Å²) < 4.78 is 11.2. The lowest BCUT2D eigenvalue weighted by Gasteiger charge is -2.13. The molecule has 0 aliphatic rings. The average molecular weight is 478 g/mol. The molecule has 0 saturated carbocycles. The quantitative estimate of drug-likeness (QED) is 0.323. The van der Waals surface area contributed by atoms with Gasteiger partial charge in [-0.1, -0.05) is 59.1 Å². The van der Waals surface area contributed by atoms with Crippen LogP contribution in [-0.4, -0.2) is 19.2 Å². The third-order valence-corrected chi connectivity index (χ3v) is 5.01. The highest BCUT2D eigenvalue weighted by atomic mass is 35.5. The monoisotopic (exact) mass is 476 g/mol. The van der Waals surface area contributed by atoms with Crippen molar-refractivity contribution in [1.29, 1.82) is 0 Å². The van der Waals surface area contributed by atoms with Crippen LogP contribution in [0.15, 0.2) is 65.8 Å². The Balaban J connectivity index is 1.62. The fourth-order valence-corrected chi connectivity index (χ4v) is 3.22. The topological polar surface area (TPSA) is 59.9 Å². The Hall–Kier alpha value is -2.73. The van der Waals surface area contributed by atoms with E-state index in [1.165, 1.54) is 13.3 Å². The first kappa shape index (κ1) is 22.9. The minimum absolute atomic E-state index is 0.191. The van der Waals surface area contributed by atoms with Gasteiger partial charge >= 0.3 is 0 Å². The molecule has 0 heterocycles. The fourth-order valence-electron chi connectivity index (χ4n) is 2.70. The largest absolute Gasteiger partial charge is 0.493 e. The number of carbonyl (C=O) groups excluding carboxylic acids is 1. The zero-order valence-corrected chi connectivity index (χ0v) is 18.8. The summed E-state index contributed by atoms with van der Waals surface area (Å²) >= 11 is 18.1. The van der Waals surface area contributed by atoms with Crippen molar-refractivity contribution in [3.8, 4) is 11.5 Å². The van der Waals surface area contributed by atoms with E-state index in [-0.39, 0.29) is 12.3 Å². The van der Waals surface area contributed by atoms with E-state index in [1.54, 1.807) is 48.5 Å². The number of halogens is 3. The van der Waals surface area contributed by atoms with Crippen LogP contribution in [0.3, 0.4) is 0 Å². The summed E-state index contributed by atoms with van der Waals surface area (Å²) in [6, 6.07) is 17.8. The Morgan fingerprint density at radius 1 is 0.968 bits per heavy atom. The van der Waals surface area contributed by atoms with Crippen molar-refractivity contribution in [1.82, 2.24) is 5.43 Å². The molecule has 1 N–H and O–H groups in total. The summed E-state index contributed by atoms with van der Waals surface area (Å²) in [5.74, 6) is 0.623. The summed E-state index contributed by atoms with van der Waals surface area (Å²) in [5, 5.41) is 5.62. The number of nitrogens with zero attached hydrogens (tertiary/aromatic N) is 1. The van der Waals surface area contributed by atoms with Crippen molar-refractivity contribution < 1.29 is 14.3 Å². The van der Waals surface area contributed by atoms with Crippen LogP contribution in [0.1, 0.15) is 16.7 Å². The number of benzene rings is 3. The first-order valence-corrected chi connectivity index (χ1v) is 10.4. The Kier molecular flexibility index (Phi) is 8.18. The molecule has 3 aromatic rings. The third kappa shape index (κ3) is 6.89. The molecule has 5 nitrogen and oxygen atoms in total. The molecule has 160 valence electrons. The van der Waals surface area contributed by atoms with E-state index in [1.807, 2.05) is 12.1 Å². The van der Waals surface area contributed by atoms with Crippen LogP contribution in [0.2, 0.25) is 15.1 Å². The number of amides is 1. The first-order chi connectivity index (χ1) is 14.9. The zero-order chi connectivity index (χ0) is 22.2. The highest BCUT2D eigenvalue weighted by molar-refractivity contribution is 6.32. The molecule has 8 heteroatoms. The molecule has 1 amide bonds. The summed E-state index contributed by atoms with van der Waals surface area (Å²) in [5.41, 5.74) is 4.91. The Bertz CT molecular complexity index is 1070. The van der Waals surface area contributed by atoms with Crippen LogP contribution in [-0.2, 0) is 17.8 Å². The first-order valence-electron chi connectivity index (χ1n) is 9.25. The number of rotatable bonds is 8. The summed E-state index contributed by atoms with van der Waals surface area (Å²) in [7, 11) is 1.52. The molecule has 3 aromatic carbocycles. The minimum atomic E-state index is -0.250. The molecule has 0 aromatic heterocycles. The predicted octanol–water partition coefficient (Wildman–Crippen LogP) is 5.93. The molecule has 0 radical (unpaired) electrons. The number of hydrazone groups is 1. The van der Waals surface area contributed by atoms with E-state index in [0.717, 1.165) is 11.1 Å². The number of hydrogen-bond donors (Lipinski definition) is 1. The lowest BCUT2D eigenvalue weighted by atomic mass is 10.1. The van der Waals surface area contributed by atoms with Crippen LogP contribution in [0.25, 0.3) is 0 Å². The van der Waals surface area contributed by atoms with Gasteiger partial charge in [0, 0.05) is 10.0 Å². The molecule has 0 unspecified atom stereocenters. The van der Waals surface area contributed by atoms with E-state index in [2.05, 4.69) is 10.5 Å². The van der Waals surface area contributed by atoms with Crippen LogP contribution in [0.4, 0.5) is 0 Å². The van der Waals surface area contributed by atoms with Crippen molar-refractivity contribution >= 4 is 46.9 Å². The molecule has 0 saturated heterocycles. The summed E-state index contributed by atoms with van der Waals surface area (Å²) in [4.78, 5) is 12.0. The maximum Gasteiger partial charge on any atom is 0.244 e. The van der Waals surface area contributed by atoms with Crippen molar-refractivity contribution in [3.05, 3.63) is 92.4 Å². The van der Waals surface area contributed by atoms with Crippen molar-refractivity contribution in [2.24, 2.45) is 5.10 Å². The number of nitrogens with one attached hydrogen (secondary N) is 1. The molecule has 0 fully saturated rings. The minimum Gasteiger partial charge on any atom is -0.493 e. The fraction of sp³-hybridized carbons (Fsp3) is 0.130. The van der Waals surface area contributed by atoms with E-state index in [9.17, 15) is 4.79 Å². The second kappa shape index (κ2) is 11.0. The molecular weight excluding hydrogens is 459 g/mol. The van der Waals surface area contributed by atoms with Crippen LogP contribution in [0, 0.1) is 0 Å². The number of carbonyl (C=O) groups is 1. The standard InChI is InChI=1S/C23H19Cl3N2O3/c1-30-21-11-17(13-27-28-22(29)12-15-2-6-18(24)7-3-15)10-20(26)23(21)31-14-16-4-8-19(25)9-5-16/h2-11,13H,12,14H2,1H3,(H,28,29). The molecule has 0 spiro atoms. The highest BCUT2D eigenvalue weighted by Crippen LogP contribution is 2.36. The van der Waals surface area contributed by atoms with Gasteiger partial charge in [0.15, 0.2) is 11.5 Å². The van der Waals surface area contributed by atoms with Crippen molar-refractivity contribution in [2.75, 3.05) is 7.11 Å². The van der Waals surface area contributed by atoms with Gasteiger partial charge in [0.1, 0.15) is 6.61 Å². The van der Waals surface area contributed by atoms with Gasteiger partial charge in [-0.3, -0.25) is 4.79 Å². The molecule has 0 atom stereocenters. The van der Waals surface area contributed by atoms with Gasteiger partial charge < -0.3 is 9.47 Å². The maximum atomic E-state index is 12.0. The van der Waals surface area contributed by atoms with Gasteiger partial charge in [-0.2, -0.15) is 5.10 Å². The van der Waals surface area contributed by atoms with Crippen LogP contribution < -0.4 is 14.9 Å². The van der Waals surface area contributed by atoms with E-state index in [0.29, 0.717) is 38.7 Å². The summed E-state index contributed by atoms with van der Waals surface area (Å²) in [6.07, 6.45) is 1.67. The second-order valence-corrected chi connectivity index (χ2v) is 7.83. The summed E-state index contributed by atoms with van der Waals surface area (Å²) in [6.45, 7) is 0.307. The highest BCUT2D eigenvalue weighted by Gasteiger charge is 2.12. The Morgan fingerprint density at radius 2 is 1.58 bits per heavy atom. The van der Waals surface area contributed by atoms with Gasteiger partial charge in [0.2, 0.25) is 5.91 Å². The molecule has 0 bridgehead atoms. The third-order valence-electron chi connectivity index (χ3n) is 4.23. The van der Waals surface area contributed by atoms with Crippen molar-refractivity contribution in [2.45, 2.75) is 13.0 Å². The lowest BCUT2D eigenvalue weighted by Crippen LogP contribution is -2.19. The van der Waals surface area contributed by atoms with E-state index in [4.69, 9.17) is 44.3 Å². The van der Waals surface area contributed by atoms with Crippen molar-refractivity contribution in [3.63, 3.8) is 0 Å². The van der Waals surface area contributed by atoms with Gasteiger partial charge in [0.05, 0.1) is 24.8 Å². The Morgan fingerprint density at radius 3 is 2.19 bits per heavy atom. The van der Waals surface area contributed by atoms with Gasteiger partial charge in [-0.15, -0.1) is 0 Å². The predicted molar refractivity (Wildman–Crippen MR) is 125 cm³/mol. The molecule has 0 aliphatic heterocycles. The molecule has 0 aliphatic carbocycles. The average Bonchev–Trinajstić information content (AvgIpc) is 2.75. The normalized spacial score (nSPS) is 10.8. The number of methoxy groups -OCH3 is 1. The van der Waals surface area contributed by atoms with Gasteiger partial charge in [0.25, 0.3) is 0 Å². The molecular formula is C23H19Cl3N2O3. The smallest absolute Gasteiger partial charge is 0.244 e. The van der Waals surface area contributed by atoms with Gasteiger partial charge in [-0.25, -0.2) is 5.43 Å². The maximum absolute atomic E-state index is 12.0. The van der Waals surface area contributed by atoms with Crippen LogP contribution >= 0.6 is 34.8 Å². The zero-order valence-electron chi connectivity index (χ0n) is 16.6. The molecule has 3 rings (SSSR count). The Labute approximate surface area is 195 Å². The van der Waals surface area contributed by atoms with E-state index < -0.39 is 0 Å². The number of hydrogen-bond acceptors (Lipinski definition) is 4. The second-order valence-electron chi connectivity index (χ2n) is 6.55. The van der Waals surface area contributed by atoms with Crippen LogP contribution in [0.5, 0.6) is 11.5 Å². The number of ether oxygens (including phenoxy) is 2. The SMILES string of the molecule is COc1cc(C=NNC(=O)Cc2ccc(Cl)cc2)cc(Cl)c1OCc1ccc(Cl)cc1. The van der Waals surface area contributed by atoms with E-state index >= 15 is 0 Å². The van der Waals surface area contributed by atoms with Gasteiger partial charge in [-0.05, 0) is 53.1 Å². The molecule has 31 heavy (non-hydrogen) atoms.